The zero-order valence-electron chi connectivity index (χ0n) is 21.9. The van der Waals surface area contributed by atoms with Crippen LogP contribution in [0.25, 0.3) is 0 Å². The lowest BCUT2D eigenvalue weighted by molar-refractivity contribution is -0.132. The van der Waals surface area contributed by atoms with Crippen molar-refractivity contribution in [2.75, 3.05) is 19.6 Å². The standard InChI is InChI=1S/C30H38ClN3O2/c1-5-6-16-33(21-28-11-8-17-32(28)20-25-10-7-9-24(4)18-25)29(35)22-34(19-23(2)3)30(36)26-12-14-27(31)15-13-26/h7-15,17-18,23H,5-6,16,19-22H2,1-4H3. The lowest BCUT2D eigenvalue weighted by atomic mass is 10.1. The fourth-order valence-electron chi connectivity index (χ4n) is 4.29. The molecule has 0 saturated heterocycles. The van der Waals surface area contributed by atoms with Crippen molar-refractivity contribution >= 4 is 23.4 Å². The highest BCUT2D eigenvalue weighted by atomic mass is 35.5. The highest BCUT2D eigenvalue weighted by Gasteiger charge is 2.23. The average molecular weight is 508 g/mol. The lowest BCUT2D eigenvalue weighted by Crippen LogP contribution is -2.44. The second kappa shape index (κ2) is 13.3. The van der Waals surface area contributed by atoms with Crippen LogP contribution in [0.5, 0.6) is 0 Å². The van der Waals surface area contributed by atoms with Gasteiger partial charge < -0.3 is 14.4 Å². The predicted octanol–water partition coefficient (Wildman–Crippen LogP) is 6.43. The molecule has 0 radical (unpaired) electrons. The Morgan fingerprint density at radius 2 is 1.75 bits per heavy atom. The molecule has 0 unspecified atom stereocenters. The molecule has 1 heterocycles. The summed E-state index contributed by atoms with van der Waals surface area (Å²) in [5, 5.41) is 0.581. The number of unbranched alkanes of at least 4 members (excludes halogenated alkanes) is 1. The minimum atomic E-state index is -0.146. The van der Waals surface area contributed by atoms with E-state index in [0.717, 1.165) is 25.1 Å². The van der Waals surface area contributed by atoms with Gasteiger partial charge in [0, 0.05) is 42.1 Å². The van der Waals surface area contributed by atoms with Gasteiger partial charge in [-0.05, 0) is 61.2 Å². The smallest absolute Gasteiger partial charge is 0.254 e. The second-order valence-electron chi connectivity index (χ2n) is 9.87. The van der Waals surface area contributed by atoms with Gasteiger partial charge in [0.2, 0.25) is 5.91 Å². The van der Waals surface area contributed by atoms with Crippen LogP contribution in [0, 0.1) is 12.8 Å². The molecule has 0 aliphatic rings. The van der Waals surface area contributed by atoms with Gasteiger partial charge >= 0.3 is 0 Å². The van der Waals surface area contributed by atoms with Gasteiger partial charge in [0.05, 0.1) is 6.54 Å². The van der Waals surface area contributed by atoms with Crippen LogP contribution in [0.15, 0.2) is 66.9 Å². The maximum Gasteiger partial charge on any atom is 0.254 e. The molecule has 5 nitrogen and oxygen atoms in total. The van der Waals surface area contributed by atoms with Gasteiger partial charge in [-0.3, -0.25) is 9.59 Å². The van der Waals surface area contributed by atoms with Crippen molar-refractivity contribution in [2.45, 2.75) is 53.6 Å². The molecular weight excluding hydrogens is 470 g/mol. The number of hydrogen-bond donors (Lipinski definition) is 0. The molecule has 2 amide bonds. The number of halogens is 1. The molecule has 36 heavy (non-hydrogen) atoms. The van der Waals surface area contributed by atoms with Crippen molar-refractivity contribution < 1.29 is 9.59 Å². The first-order chi connectivity index (χ1) is 17.3. The van der Waals surface area contributed by atoms with Gasteiger partial charge in [0.1, 0.15) is 6.54 Å². The first-order valence-corrected chi connectivity index (χ1v) is 13.2. The van der Waals surface area contributed by atoms with Gasteiger partial charge in [0.15, 0.2) is 0 Å². The molecular formula is C30H38ClN3O2. The molecule has 0 bridgehead atoms. The summed E-state index contributed by atoms with van der Waals surface area (Å²) in [5.41, 5.74) is 4.09. The second-order valence-corrected chi connectivity index (χ2v) is 10.3. The summed E-state index contributed by atoms with van der Waals surface area (Å²) in [5.74, 6) is 0.0615. The van der Waals surface area contributed by atoms with Crippen LogP contribution < -0.4 is 0 Å². The van der Waals surface area contributed by atoms with Gasteiger partial charge in [0.25, 0.3) is 5.91 Å². The van der Waals surface area contributed by atoms with Crippen LogP contribution >= 0.6 is 11.6 Å². The monoisotopic (exact) mass is 507 g/mol. The van der Waals surface area contributed by atoms with Crippen molar-refractivity contribution in [1.29, 1.82) is 0 Å². The molecule has 3 aromatic rings. The van der Waals surface area contributed by atoms with Crippen LogP contribution in [0.1, 0.15) is 60.8 Å². The molecule has 6 heteroatoms. The zero-order valence-corrected chi connectivity index (χ0v) is 22.7. The molecule has 0 aliphatic heterocycles. The number of nitrogens with zero attached hydrogens (tertiary/aromatic N) is 3. The van der Waals surface area contributed by atoms with E-state index in [4.69, 9.17) is 11.6 Å². The van der Waals surface area contributed by atoms with E-state index in [9.17, 15) is 9.59 Å². The van der Waals surface area contributed by atoms with Crippen molar-refractivity contribution in [2.24, 2.45) is 5.92 Å². The highest BCUT2D eigenvalue weighted by molar-refractivity contribution is 6.30. The van der Waals surface area contributed by atoms with Crippen LogP contribution in [-0.2, 0) is 17.9 Å². The van der Waals surface area contributed by atoms with E-state index in [0.29, 0.717) is 30.2 Å². The van der Waals surface area contributed by atoms with Crippen molar-refractivity contribution in [1.82, 2.24) is 14.4 Å². The van der Waals surface area contributed by atoms with Crippen LogP contribution in [0.2, 0.25) is 5.02 Å². The van der Waals surface area contributed by atoms with E-state index in [2.05, 4.69) is 68.8 Å². The maximum absolute atomic E-state index is 13.6. The Morgan fingerprint density at radius 1 is 1.00 bits per heavy atom. The molecule has 0 aliphatic carbocycles. The third-order valence-electron chi connectivity index (χ3n) is 6.14. The molecule has 0 saturated carbocycles. The maximum atomic E-state index is 13.6. The minimum absolute atomic E-state index is 0.0327. The first-order valence-electron chi connectivity index (χ1n) is 12.8. The van der Waals surface area contributed by atoms with Crippen molar-refractivity contribution in [3.8, 4) is 0 Å². The summed E-state index contributed by atoms with van der Waals surface area (Å²) < 4.78 is 2.20. The summed E-state index contributed by atoms with van der Waals surface area (Å²) in [6, 6.07) is 19.4. The average Bonchev–Trinajstić information content (AvgIpc) is 3.27. The van der Waals surface area contributed by atoms with E-state index in [-0.39, 0.29) is 24.3 Å². The Labute approximate surface area is 220 Å². The zero-order chi connectivity index (χ0) is 26.1. The summed E-state index contributed by atoms with van der Waals surface area (Å²) in [4.78, 5) is 30.4. The third-order valence-corrected chi connectivity index (χ3v) is 6.39. The molecule has 0 fully saturated rings. The van der Waals surface area contributed by atoms with Gasteiger partial charge in [-0.15, -0.1) is 0 Å². The normalized spacial score (nSPS) is 11.1. The van der Waals surface area contributed by atoms with Crippen molar-refractivity contribution in [3.63, 3.8) is 0 Å². The highest BCUT2D eigenvalue weighted by Crippen LogP contribution is 2.16. The van der Waals surface area contributed by atoms with Crippen LogP contribution in [-0.4, -0.2) is 45.8 Å². The van der Waals surface area contributed by atoms with Crippen LogP contribution in [0.3, 0.4) is 0 Å². The SMILES string of the molecule is CCCCN(Cc1cccn1Cc1cccc(C)c1)C(=O)CN(CC(C)C)C(=O)c1ccc(Cl)cc1. The number of amides is 2. The molecule has 1 aromatic heterocycles. The molecule has 192 valence electrons. The van der Waals surface area contributed by atoms with E-state index >= 15 is 0 Å². The van der Waals surface area contributed by atoms with Gasteiger partial charge in [-0.2, -0.15) is 0 Å². The summed E-state index contributed by atoms with van der Waals surface area (Å²) in [6.45, 7) is 10.8. The quantitative estimate of drug-likeness (QED) is 0.284. The third kappa shape index (κ3) is 7.99. The van der Waals surface area contributed by atoms with E-state index in [1.807, 2.05) is 11.0 Å². The number of aryl methyl sites for hydroxylation is 1. The Balaban J connectivity index is 1.77. The van der Waals surface area contributed by atoms with E-state index in [1.54, 1.807) is 29.2 Å². The Morgan fingerprint density at radius 3 is 2.42 bits per heavy atom. The number of benzene rings is 2. The molecule has 0 atom stereocenters. The summed E-state index contributed by atoms with van der Waals surface area (Å²) in [7, 11) is 0. The topological polar surface area (TPSA) is 45.6 Å². The fraction of sp³-hybridized carbons (Fsp3) is 0.400. The predicted molar refractivity (Wildman–Crippen MR) is 147 cm³/mol. The Bertz CT molecular complexity index is 1140. The number of carbonyl (C=O) groups is 2. The summed E-state index contributed by atoms with van der Waals surface area (Å²) in [6.07, 6.45) is 3.97. The largest absolute Gasteiger partial charge is 0.345 e. The lowest BCUT2D eigenvalue weighted by Gasteiger charge is -2.29. The molecule has 0 N–H and O–H groups in total. The number of aromatic nitrogens is 1. The first kappa shape index (κ1) is 27.5. The number of carbonyl (C=O) groups excluding carboxylic acids is 2. The Kier molecular flexibility index (Phi) is 10.2. The fourth-order valence-corrected chi connectivity index (χ4v) is 4.42. The van der Waals surface area contributed by atoms with Gasteiger partial charge in [-0.1, -0.05) is 68.6 Å². The minimum Gasteiger partial charge on any atom is -0.345 e. The molecule has 3 rings (SSSR count). The number of hydrogen-bond acceptors (Lipinski definition) is 2. The van der Waals surface area contributed by atoms with E-state index in [1.165, 1.54) is 11.1 Å². The van der Waals surface area contributed by atoms with Crippen molar-refractivity contribution in [3.05, 3.63) is 94.3 Å². The number of rotatable bonds is 12. The van der Waals surface area contributed by atoms with Gasteiger partial charge in [-0.25, -0.2) is 0 Å². The molecule has 0 spiro atoms. The molecule has 2 aromatic carbocycles. The van der Waals surface area contributed by atoms with E-state index < -0.39 is 0 Å². The van der Waals surface area contributed by atoms with Crippen LogP contribution in [0.4, 0.5) is 0 Å². The Hall–Kier alpha value is -3.05. The summed E-state index contributed by atoms with van der Waals surface area (Å²) >= 11 is 6.01.